The SMILES string of the molecule is CC(C)[C@@H](C#N)c1ccc[nH]1. The number of hydrogen-bond acceptors (Lipinski definition) is 1. The van der Waals surface area contributed by atoms with Crippen molar-refractivity contribution in [3.05, 3.63) is 24.0 Å². The van der Waals surface area contributed by atoms with E-state index in [2.05, 4.69) is 24.9 Å². The predicted octanol–water partition coefficient (Wildman–Crippen LogP) is 2.28. The van der Waals surface area contributed by atoms with Gasteiger partial charge >= 0.3 is 0 Å². The van der Waals surface area contributed by atoms with Crippen molar-refractivity contribution < 1.29 is 0 Å². The van der Waals surface area contributed by atoms with E-state index in [1.807, 2.05) is 18.3 Å². The molecule has 0 saturated heterocycles. The molecule has 2 nitrogen and oxygen atoms in total. The zero-order valence-corrected chi connectivity index (χ0v) is 6.83. The van der Waals surface area contributed by atoms with Crippen LogP contribution in [0.3, 0.4) is 0 Å². The minimum Gasteiger partial charge on any atom is -0.364 e. The summed E-state index contributed by atoms with van der Waals surface area (Å²) in [5.41, 5.74) is 1.02. The van der Waals surface area contributed by atoms with Gasteiger partial charge in [0.15, 0.2) is 0 Å². The van der Waals surface area contributed by atoms with Crippen molar-refractivity contribution in [2.75, 3.05) is 0 Å². The van der Waals surface area contributed by atoms with Gasteiger partial charge in [0.05, 0.1) is 12.0 Å². The Labute approximate surface area is 66.9 Å². The van der Waals surface area contributed by atoms with E-state index < -0.39 is 0 Å². The maximum absolute atomic E-state index is 8.80. The Morgan fingerprint density at radius 3 is 2.64 bits per heavy atom. The Balaban J connectivity index is 2.82. The van der Waals surface area contributed by atoms with Crippen LogP contribution in [0.2, 0.25) is 0 Å². The molecular formula is C9H12N2. The molecular weight excluding hydrogens is 136 g/mol. The highest BCUT2D eigenvalue weighted by molar-refractivity contribution is 5.17. The predicted molar refractivity (Wildman–Crippen MR) is 44.0 cm³/mol. The van der Waals surface area contributed by atoms with Gasteiger partial charge in [0.2, 0.25) is 0 Å². The lowest BCUT2D eigenvalue weighted by molar-refractivity contribution is 0.578. The Kier molecular flexibility index (Phi) is 2.32. The van der Waals surface area contributed by atoms with Crippen LogP contribution in [0.25, 0.3) is 0 Å². The van der Waals surface area contributed by atoms with E-state index in [-0.39, 0.29) is 5.92 Å². The quantitative estimate of drug-likeness (QED) is 0.686. The third-order valence-corrected chi connectivity index (χ3v) is 1.76. The second kappa shape index (κ2) is 3.25. The van der Waals surface area contributed by atoms with Gasteiger partial charge in [-0.05, 0) is 18.1 Å². The maximum Gasteiger partial charge on any atom is 0.0885 e. The second-order valence-corrected chi connectivity index (χ2v) is 2.98. The number of rotatable bonds is 2. The number of aromatic nitrogens is 1. The number of nitrogens with one attached hydrogen (secondary N) is 1. The molecule has 1 N–H and O–H groups in total. The van der Waals surface area contributed by atoms with Gasteiger partial charge in [-0.15, -0.1) is 0 Å². The van der Waals surface area contributed by atoms with Crippen molar-refractivity contribution in [1.29, 1.82) is 5.26 Å². The van der Waals surface area contributed by atoms with Gasteiger partial charge in [-0.2, -0.15) is 5.26 Å². The first kappa shape index (κ1) is 7.87. The highest BCUT2D eigenvalue weighted by atomic mass is 14.7. The lowest BCUT2D eigenvalue weighted by Crippen LogP contribution is -2.03. The number of nitrogens with zero attached hydrogens (tertiary/aromatic N) is 1. The van der Waals surface area contributed by atoms with Crippen molar-refractivity contribution in [3.63, 3.8) is 0 Å². The molecule has 1 aromatic heterocycles. The van der Waals surface area contributed by atoms with Crippen molar-refractivity contribution in [2.24, 2.45) is 5.92 Å². The number of hydrogen-bond donors (Lipinski definition) is 1. The second-order valence-electron chi connectivity index (χ2n) is 2.98. The molecule has 0 unspecified atom stereocenters. The Morgan fingerprint density at radius 2 is 2.27 bits per heavy atom. The minimum atomic E-state index is 0.00463. The topological polar surface area (TPSA) is 39.6 Å². The van der Waals surface area contributed by atoms with Crippen molar-refractivity contribution in [2.45, 2.75) is 19.8 Å². The molecule has 1 atom stereocenters. The first-order valence-corrected chi connectivity index (χ1v) is 3.78. The summed E-state index contributed by atoms with van der Waals surface area (Å²) < 4.78 is 0. The molecule has 58 valence electrons. The molecule has 0 aliphatic carbocycles. The molecule has 1 aromatic rings. The van der Waals surface area contributed by atoms with Gasteiger partial charge in [-0.25, -0.2) is 0 Å². The Morgan fingerprint density at radius 1 is 1.55 bits per heavy atom. The molecule has 2 heteroatoms. The van der Waals surface area contributed by atoms with Gasteiger partial charge in [0.1, 0.15) is 0 Å². The summed E-state index contributed by atoms with van der Waals surface area (Å²) in [6, 6.07) is 6.14. The van der Waals surface area contributed by atoms with Crippen LogP contribution in [0.4, 0.5) is 0 Å². The molecule has 0 fully saturated rings. The smallest absolute Gasteiger partial charge is 0.0885 e. The largest absolute Gasteiger partial charge is 0.364 e. The van der Waals surface area contributed by atoms with Gasteiger partial charge in [-0.1, -0.05) is 13.8 Å². The zero-order chi connectivity index (χ0) is 8.27. The molecule has 0 radical (unpaired) electrons. The van der Waals surface area contributed by atoms with E-state index >= 15 is 0 Å². The monoisotopic (exact) mass is 148 g/mol. The van der Waals surface area contributed by atoms with Crippen LogP contribution in [0.5, 0.6) is 0 Å². The van der Waals surface area contributed by atoms with Crippen LogP contribution < -0.4 is 0 Å². The summed E-state index contributed by atoms with van der Waals surface area (Å²) >= 11 is 0. The fourth-order valence-corrected chi connectivity index (χ4v) is 1.12. The Hall–Kier alpha value is -1.23. The summed E-state index contributed by atoms with van der Waals surface area (Å²) in [5.74, 6) is 0.378. The molecule has 0 aromatic carbocycles. The molecule has 1 heterocycles. The number of H-pyrrole nitrogens is 1. The first-order valence-electron chi connectivity index (χ1n) is 3.78. The molecule has 0 amide bonds. The number of aromatic amines is 1. The number of nitriles is 1. The van der Waals surface area contributed by atoms with Crippen molar-refractivity contribution in [3.8, 4) is 6.07 Å². The lowest BCUT2D eigenvalue weighted by Gasteiger charge is -2.09. The summed E-state index contributed by atoms with van der Waals surface area (Å²) in [5, 5.41) is 8.80. The summed E-state index contributed by atoms with van der Waals surface area (Å²) in [6.07, 6.45) is 1.85. The average Bonchev–Trinajstić information content (AvgIpc) is 2.40. The van der Waals surface area contributed by atoms with Crippen LogP contribution in [0, 0.1) is 17.2 Å². The van der Waals surface area contributed by atoms with Crippen LogP contribution in [0.1, 0.15) is 25.5 Å². The fourth-order valence-electron chi connectivity index (χ4n) is 1.12. The average molecular weight is 148 g/mol. The van der Waals surface area contributed by atoms with E-state index in [4.69, 9.17) is 5.26 Å². The van der Waals surface area contributed by atoms with Gasteiger partial charge in [-0.3, -0.25) is 0 Å². The minimum absolute atomic E-state index is 0.00463. The van der Waals surface area contributed by atoms with Crippen LogP contribution in [-0.2, 0) is 0 Å². The van der Waals surface area contributed by atoms with E-state index in [0.29, 0.717) is 5.92 Å². The molecule has 1 rings (SSSR count). The van der Waals surface area contributed by atoms with Crippen LogP contribution in [0.15, 0.2) is 18.3 Å². The molecule has 0 bridgehead atoms. The van der Waals surface area contributed by atoms with Crippen molar-refractivity contribution in [1.82, 2.24) is 4.98 Å². The van der Waals surface area contributed by atoms with Gasteiger partial charge in [0.25, 0.3) is 0 Å². The normalized spacial score (nSPS) is 12.9. The third kappa shape index (κ3) is 1.62. The molecule has 0 aliphatic heterocycles. The maximum atomic E-state index is 8.80. The summed E-state index contributed by atoms with van der Waals surface area (Å²) in [6.45, 7) is 4.10. The van der Waals surface area contributed by atoms with Gasteiger partial charge in [0, 0.05) is 11.9 Å². The summed E-state index contributed by atoms with van der Waals surface area (Å²) in [7, 11) is 0. The lowest BCUT2D eigenvalue weighted by atomic mass is 9.94. The Bertz CT molecular complexity index is 241. The zero-order valence-electron chi connectivity index (χ0n) is 6.83. The molecule has 0 aliphatic rings. The molecule has 0 saturated carbocycles. The van der Waals surface area contributed by atoms with E-state index in [0.717, 1.165) is 5.69 Å². The van der Waals surface area contributed by atoms with E-state index in [1.54, 1.807) is 0 Å². The van der Waals surface area contributed by atoms with Crippen LogP contribution >= 0.6 is 0 Å². The van der Waals surface area contributed by atoms with Gasteiger partial charge < -0.3 is 4.98 Å². The first-order chi connectivity index (χ1) is 5.25. The molecule has 11 heavy (non-hydrogen) atoms. The standard InChI is InChI=1S/C9H12N2/c1-7(2)8(6-10)9-4-3-5-11-9/h3-5,7-8,11H,1-2H3/t8-/m1/s1. The highest BCUT2D eigenvalue weighted by Gasteiger charge is 2.14. The third-order valence-electron chi connectivity index (χ3n) is 1.76. The highest BCUT2D eigenvalue weighted by Crippen LogP contribution is 2.21. The summed E-state index contributed by atoms with van der Waals surface area (Å²) in [4.78, 5) is 3.05. The van der Waals surface area contributed by atoms with Crippen molar-refractivity contribution >= 4 is 0 Å². The van der Waals surface area contributed by atoms with E-state index in [9.17, 15) is 0 Å². The fraction of sp³-hybridized carbons (Fsp3) is 0.444. The van der Waals surface area contributed by atoms with E-state index in [1.165, 1.54) is 0 Å². The molecule has 0 spiro atoms. The van der Waals surface area contributed by atoms with Crippen LogP contribution in [-0.4, -0.2) is 4.98 Å².